The highest BCUT2D eigenvalue weighted by Crippen LogP contribution is 2.18. The van der Waals surface area contributed by atoms with Crippen LogP contribution in [0.3, 0.4) is 0 Å². The van der Waals surface area contributed by atoms with Crippen molar-refractivity contribution in [3.8, 4) is 0 Å². The van der Waals surface area contributed by atoms with Gasteiger partial charge in [0.15, 0.2) is 0 Å². The monoisotopic (exact) mass is 156 g/mol. The second-order valence-corrected chi connectivity index (χ2v) is 3.55. The number of hydrogen-bond donors (Lipinski definition) is 0. The van der Waals surface area contributed by atoms with Gasteiger partial charge in [0.1, 0.15) is 5.78 Å². The Balaban J connectivity index is 2.24. The number of carbonyl (C=O) groups is 1. The summed E-state index contributed by atoms with van der Waals surface area (Å²) in [7, 11) is 0. The van der Waals surface area contributed by atoms with Crippen molar-refractivity contribution in [2.45, 2.75) is 26.7 Å². The van der Waals surface area contributed by atoms with Gasteiger partial charge in [-0.2, -0.15) is 0 Å². The summed E-state index contributed by atoms with van der Waals surface area (Å²) in [5.74, 6) is 1.07. The summed E-state index contributed by atoms with van der Waals surface area (Å²) in [5, 5.41) is 0. The van der Waals surface area contributed by atoms with E-state index in [-0.39, 0.29) is 5.92 Å². The zero-order chi connectivity index (χ0) is 8.27. The zero-order valence-electron chi connectivity index (χ0n) is 7.30. The molecule has 1 rings (SSSR count). The molecule has 0 aromatic rings. The summed E-state index contributed by atoms with van der Waals surface area (Å²) < 4.78 is 5.19. The van der Waals surface area contributed by atoms with E-state index in [1.165, 1.54) is 0 Å². The highest BCUT2D eigenvalue weighted by Gasteiger charge is 2.20. The van der Waals surface area contributed by atoms with E-state index >= 15 is 0 Å². The molecule has 1 fully saturated rings. The number of ketones is 1. The maximum absolute atomic E-state index is 11.2. The van der Waals surface area contributed by atoms with Crippen molar-refractivity contribution in [3.05, 3.63) is 0 Å². The topological polar surface area (TPSA) is 26.3 Å². The number of ether oxygens (including phenoxy) is 1. The lowest BCUT2D eigenvalue weighted by molar-refractivity contribution is -0.122. The minimum Gasteiger partial charge on any atom is -0.381 e. The fraction of sp³-hybridized carbons (Fsp3) is 0.889. The molecule has 0 amide bonds. The van der Waals surface area contributed by atoms with E-state index in [1.807, 2.05) is 13.8 Å². The first kappa shape index (κ1) is 8.72. The third-order valence-electron chi connectivity index (χ3n) is 2.16. The first-order valence-electron chi connectivity index (χ1n) is 4.30. The summed E-state index contributed by atoms with van der Waals surface area (Å²) in [4.78, 5) is 11.2. The van der Waals surface area contributed by atoms with Gasteiger partial charge in [-0.1, -0.05) is 13.8 Å². The van der Waals surface area contributed by atoms with Crippen LogP contribution in [0.4, 0.5) is 0 Å². The third-order valence-corrected chi connectivity index (χ3v) is 2.16. The van der Waals surface area contributed by atoms with Crippen molar-refractivity contribution in [2.24, 2.45) is 11.8 Å². The molecule has 1 saturated heterocycles. The first-order valence-corrected chi connectivity index (χ1v) is 4.30. The van der Waals surface area contributed by atoms with E-state index in [2.05, 4.69) is 0 Å². The molecule has 11 heavy (non-hydrogen) atoms. The molecule has 0 unspecified atom stereocenters. The standard InChI is InChI=1S/C9H16O2/c1-7(2)9(10)5-8-3-4-11-6-8/h7-8H,3-6H2,1-2H3/t8-/m0/s1. The Morgan fingerprint density at radius 1 is 1.64 bits per heavy atom. The summed E-state index contributed by atoms with van der Waals surface area (Å²) >= 11 is 0. The minimum atomic E-state index is 0.190. The number of rotatable bonds is 3. The Labute approximate surface area is 67.9 Å². The van der Waals surface area contributed by atoms with Crippen molar-refractivity contribution in [1.82, 2.24) is 0 Å². The quantitative estimate of drug-likeness (QED) is 0.621. The third kappa shape index (κ3) is 2.62. The molecule has 1 aliphatic rings. The summed E-state index contributed by atoms with van der Waals surface area (Å²) in [6.07, 6.45) is 1.79. The average Bonchev–Trinajstić information content (AvgIpc) is 2.39. The van der Waals surface area contributed by atoms with Crippen LogP contribution in [-0.2, 0) is 9.53 Å². The molecular weight excluding hydrogens is 140 g/mol. The molecule has 1 heterocycles. The zero-order valence-corrected chi connectivity index (χ0v) is 7.30. The SMILES string of the molecule is CC(C)C(=O)C[C@@H]1CCOC1. The number of Topliss-reactive ketones (excluding diaryl/α,β-unsaturated/α-hetero) is 1. The Kier molecular flexibility index (Phi) is 3.06. The van der Waals surface area contributed by atoms with E-state index in [0.717, 1.165) is 26.1 Å². The van der Waals surface area contributed by atoms with Gasteiger partial charge in [-0.05, 0) is 12.3 Å². The molecule has 0 saturated carbocycles. The average molecular weight is 156 g/mol. The Bertz CT molecular complexity index is 134. The molecular formula is C9H16O2. The lowest BCUT2D eigenvalue weighted by atomic mass is 9.96. The predicted octanol–water partition coefficient (Wildman–Crippen LogP) is 1.64. The largest absolute Gasteiger partial charge is 0.381 e. The van der Waals surface area contributed by atoms with Gasteiger partial charge in [0, 0.05) is 25.6 Å². The summed E-state index contributed by atoms with van der Waals surface area (Å²) in [6, 6.07) is 0. The molecule has 0 aromatic heterocycles. The molecule has 0 spiro atoms. The Hall–Kier alpha value is -0.370. The van der Waals surface area contributed by atoms with E-state index in [9.17, 15) is 4.79 Å². The normalized spacial score (nSPS) is 24.5. The van der Waals surface area contributed by atoms with E-state index in [0.29, 0.717) is 11.7 Å². The molecule has 2 nitrogen and oxygen atoms in total. The van der Waals surface area contributed by atoms with Crippen LogP contribution in [0.1, 0.15) is 26.7 Å². The molecule has 0 aromatic carbocycles. The second kappa shape index (κ2) is 3.86. The smallest absolute Gasteiger partial charge is 0.135 e. The van der Waals surface area contributed by atoms with Gasteiger partial charge < -0.3 is 4.74 Å². The fourth-order valence-electron chi connectivity index (χ4n) is 1.26. The second-order valence-electron chi connectivity index (χ2n) is 3.55. The summed E-state index contributed by atoms with van der Waals surface area (Å²) in [5.41, 5.74) is 0. The van der Waals surface area contributed by atoms with Gasteiger partial charge in [0.2, 0.25) is 0 Å². The Morgan fingerprint density at radius 3 is 2.82 bits per heavy atom. The van der Waals surface area contributed by atoms with Gasteiger partial charge in [-0.25, -0.2) is 0 Å². The van der Waals surface area contributed by atoms with Gasteiger partial charge in [0.25, 0.3) is 0 Å². The highest BCUT2D eigenvalue weighted by atomic mass is 16.5. The first-order chi connectivity index (χ1) is 5.20. The predicted molar refractivity (Wildman–Crippen MR) is 43.4 cm³/mol. The van der Waals surface area contributed by atoms with Crippen LogP contribution in [0.25, 0.3) is 0 Å². The fourth-order valence-corrected chi connectivity index (χ4v) is 1.26. The Morgan fingerprint density at radius 2 is 2.36 bits per heavy atom. The van der Waals surface area contributed by atoms with Crippen molar-refractivity contribution in [2.75, 3.05) is 13.2 Å². The van der Waals surface area contributed by atoms with Crippen molar-refractivity contribution >= 4 is 5.78 Å². The summed E-state index contributed by atoms with van der Waals surface area (Å²) in [6.45, 7) is 5.55. The van der Waals surface area contributed by atoms with Gasteiger partial charge in [0.05, 0.1) is 0 Å². The van der Waals surface area contributed by atoms with Crippen LogP contribution >= 0.6 is 0 Å². The van der Waals surface area contributed by atoms with Crippen LogP contribution < -0.4 is 0 Å². The number of hydrogen-bond acceptors (Lipinski definition) is 2. The lowest BCUT2D eigenvalue weighted by Gasteiger charge is -2.07. The molecule has 0 radical (unpaired) electrons. The van der Waals surface area contributed by atoms with Crippen molar-refractivity contribution in [3.63, 3.8) is 0 Å². The molecule has 0 aliphatic carbocycles. The minimum absolute atomic E-state index is 0.190. The maximum Gasteiger partial charge on any atom is 0.135 e. The molecule has 64 valence electrons. The van der Waals surface area contributed by atoms with E-state index < -0.39 is 0 Å². The van der Waals surface area contributed by atoms with E-state index in [1.54, 1.807) is 0 Å². The van der Waals surface area contributed by atoms with Crippen molar-refractivity contribution < 1.29 is 9.53 Å². The van der Waals surface area contributed by atoms with Gasteiger partial charge in [-0.3, -0.25) is 4.79 Å². The van der Waals surface area contributed by atoms with Crippen LogP contribution in [0.5, 0.6) is 0 Å². The van der Waals surface area contributed by atoms with Gasteiger partial charge in [-0.15, -0.1) is 0 Å². The van der Waals surface area contributed by atoms with Crippen LogP contribution in [0.2, 0.25) is 0 Å². The maximum atomic E-state index is 11.2. The number of carbonyl (C=O) groups excluding carboxylic acids is 1. The van der Waals surface area contributed by atoms with Crippen molar-refractivity contribution in [1.29, 1.82) is 0 Å². The van der Waals surface area contributed by atoms with Crippen LogP contribution in [0, 0.1) is 11.8 Å². The molecule has 0 bridgehead atoms. The van der Waals surface area contributed by atoms with Gasteiger partial charge >= 0.3 is 0 Å². The molecule has 1 aliphatic heterocycles. The molecule has 0 N–H and O–H groups in total. The van der Waals surface area contributed by atoms with Crippen LogP contribution in [0.15, 0.2) is 0 Å². The van der Waals surface area contributed by atoms with E-state index in [4.69, 9.17) is 4.74 Å². The molecule has 1 atom stereocenters. The van der Waals surface area contributed by atoms with Crippen LogP contribution in [-0.4, -0.2) is 19.0 Å². The lowest BCUT2D eigenvalue weighted by Crippen LogP contribution is -2.13. The molecule has 2 heteroatoms. The highest BCUT2D eigenvalue weighted by molar-refractivity contribution is 5.80.